The molecule has 0 aliphatic rings. The number of alkyl halides is 1. The SMILES string of the molecule is C=CC(=O)OC[N+](C)(C)CC.C=CC(N)=O.CCl. The Hall–Kier alpha value is -1.33. The van der Waals surface area contributed by atoms with Gasteiger partial charge < -0.3 is 10.5 Å². The fourth-order valence-electron chi connectivity index (χ4n) is 0.389. The Kier molecular flexibility index (Phi) is 16.7. The molecule has 0 saturated carbocycles. The molecular weight excluding hydrogens is 256 g/mol. The lowest BCUT2D eigenvalue weighted by Gasteiger charge is -2.26. The van der Waals surface area contributed by atoms with Crippen molar-refractivity contribution in [3.05, 3.63) is 25.3 Å². The molecule has 106 valence electrons. The second kappa shape index (κ2) is 13.7. The van der Waals surface area contributed by atoms with E-state index in [0.29, 0.717) is 11.2 Å². The zero-order chi connectivity index (χ0) is 15.2. The molecule has 18 heavy (non-hydrogen) atoms. The molecule has 2 N–H and O–H groups in total. The first-order valence-corrected chi connectivity index (χ1v) is 5.95. The monoisotopic (exact) mass is 279 g/mol. The van der Waals surface area contributed by atoms with Gasteiger partial charge in [-0.2, -0.15) is 0 Å². The van der Waals surface area contributed by atoms with Crippen LogP contribution >= 0.6 is 11.6 Å². The standard InChI is InChI=1S/C8H16NO2.C3H5NO.CH3Cl/c1-5-8(10)11-7-9(3,4)6-2;1-2-3(4)5;1-2/h5H,1,6-7H2,2-4H3;2H,1H2,(H2,4,5);1H3/q+1;;. The van der Waals surface area contributed by atoms with Crippen molar-refractivity contribution in [1.29, 1.82) is 0 Å². The van der Waals surface area contributed by atoms with Crippen LogP contribution < -0.4 is 5.73 Å². The Morgan fingerprint density at radius 1 is 1.28 bits per heavy atom. The van der Waals surface area contributed by atoms with Crippen molar-refractivity contribution in [3.8, 4) is 0 Å². The van der Waals surface area contributed by atoms with Crippen LogP contribution in [-0.2, 0) is 14.3 Å². The summed E-state index contributed by atoms with van der Waals surface area (Å²) in [5.41, 5.74) is 4.53. The van der Waals surface area contributed by atoms with Gasteiger partial charge in [0.15, 0.2) is 0 Å². The third-order valence-corrected chi connectivity index (χ3v) is 1.78. The quantitative estimate of drug-likeness (QED) is 0.271. The van der Waals surface area contributed by atoms with Crippen LogP contribution in [0.5, 0.6) is 0 Å². The Balaban J connectivity index is -0.000000270. The molecule has 0 saturated heterocycles. The molecule has 0 fully saturated rings. The van der Waals surface area contributed by atoms with Crippen molar-refractivity contribution in [2.45, 2.75) is 6.92 Å². The summed E-state index contributed by atoms with van der Waals surface area (Å²) in [5.74, 6) is -0.838. The van der Waals surface area contributed by atoms with Crippen molar-refractivity contribution in [3.63, 3.8) is 0 Å². The number of esters is 1. The van der Waals surface area contributed by atoms with E-state index in [4.69, 9.17) is 4.74 Å². The molecule has 5 nitrogen and oxygen atoms in total. The lowest BCUT2D eigenvalue weighted by Crippen LogP contribution is -2.41. The van der Waals surface area contributed by atoms with Crippen LogP contribution in [0.15, 0.2) is 25.3 Å². The first-order chi connectivity index (χ1) is 8.29. The summed E-state index contributed by atoms with van der Waals surface area (Å²) in [6.45, 7) is 9.77. The highest BCUT2D eigenvalue weighted by molar-refractivity contribution is 6.15. The highest BCUT2D eigenvalue weighted by Crippen LogP contribution is 1.95. The van der Waals surface area contributed by atoms with Crippen LogP contribution in [0.25, 0.3) is 0 Å². The van der Waals surface area contributed by atoms with Gasteiger partial charge in [0, 0.05) is 12.5 Å². The first kappa shape index (κ1) is 21.9. The molecular formula is C12H24ClN2O3+. The van der Waals surface area contributed by atoms with Gasteiger partial charge in [0.1, 0.15) is 0 Å². The zero-order valence-corrected chi connectivity index (χ0v) is 12.4. The van der Waals surface area contributed by atoms with Gasteiger partial charge in [-0.15, -0.1) is 11.6 Å². The molecule has 0 bridgehead atoms. The summed E-state index contributed by atoms with van der Waals surface area (Å²) in [6, 6.07) is 0. The summed E-state index contributed by atoms with van der Waals surface area (Å²) >= 11 is 4.64. The minimum atomic E-state index is -0.481. The van der Waals surface area contributed by atoms with Gasteiger partial charge in [-0.1, -0.05) is 13.2 Å². The summed E-state index contributed by atoms with van der Waals surface area (Å²) in [7, 11) is 3.99. The largest absolute Gasteiger partial charge is 0.412 e. The second-order valence-electron chi connectivity index (χ2n) is 3.66. The van der Waals surface area contributed by atoms with E-state index in [1.165, 1.54) is 12.5 Å². The van der Waals surface area contributed by atoms with E-state index in [0.717, 1.165) is 12.6 Å². The number of carbonyl (C=O) groups is 2. The molecule has 1 amide bonds. The Morgan fingerprint density at radius 2 is 1.67 bits per heavy atom. The Morgan fingerprint density at radius 3 is 1.89 bits per heavy atom. The zero-order valence-electron chi connectivity index (χ0n) is 11.6. The average Bonchev–Trinajstić information content (AvgIpc) is 2.39. The van der Waals surface area contributed by atoms with Crippen LogP contribution in [-0.4, -0.2) is 50.1 Å². The molecule has 6 heteroatoms. The van der Waals surface area contributed by atoms with Crippen molar-refractivity contribution < 1.29 is 18.8 Å². The summed E-state index contributed by atoms with van der Waals surface area (Å²) in [5, 5.41) is 0. The number of hydrogen-bond donors (Lipinski definition) is 1. The van der Waals surface area contributed by atoms with Crippen LogP contribution in [0, 0.1) is 0 Å². The highest BCUT2D eigenvalue weighted by atomic mass is 35.5. The van der Waals surface area contributed by atoms with Crippen LogP contribution in [0.4, 0.5) is 0 Å². The number of primary amides is 1. The summed E-state index contributed by atoms with van der Waals surface area (Å²) in [4.78, 5) is 20.1. The Bertz CT molecular complexity index is 266. The third kappa shape index (κ3) is 20.1. The molecule has 0 aliphatic carbocycles. The van der Waals surface area contributed by atoms with Gasteiger partial charge in [-0.25, -0.2) is 4.79 Å². The van der Waals surface area contributed by atoms with E-state index in [1.807, 2.05) is 21.0 Å². The molecule has 0 rings (SSSR count). The lowest BCUT2D eigenvalue weighted by atomic mass is 10.5. The van der Waals surface area contributed by atoms with Crippen molar-refractivity contribution in [1.82, 2.24) is 0 Å². The maximum absolute atomic E-state index is 10.6. The lowest BCUT2D eigenvalue weighted by molar-refractivity contribution is -0.905. The third-order valence-electron chi connectivity index (χ3n) is 1.78. The molecule has 0 heterocycles. The molecule has 0 aromatic rings. The molecule has 0 aliphatic heterocycles. The molecule has 0 radical (unpaired) electrons. The second-order valence-corrected chi connectivity index (χ2v) is 3.66. The van der Waals surface area contributed by atoms with E-state index in [9.17, 15) is 9.59 Å². The minimum absolute atomic E-state index is 0.357. The van der Waals surface area contributed by atoms with Gasteiger partial charge in [0.05, 0.1) is 20.6 Å². The predicted octanol–water partition coefficient (Wildman–Crippen LogP) is 1.28. The maximum Gasteiger partial charge on any atom is 0.334 e. The van der Waals surface area contributed by atoms with Gasteiger partial charge in [-0.05, 0) is 13.0 Å². The van der Waals surface area contributed by atoms with E-state index in [1.54, 1.807) is 0 Å². The number of ether oxygens (including phenoxy) is 1. The van der Waals surface area contributed by atoms with Crippen LogP contribution in [0.3, 0.4) is 0 Å². The number of carbonyl (C=O) groups excluding carboxylic acids is 2. The average molecular weight is 280 g/mol. The summed E-state index contributed by atoms with van der Waals surface area (Å²) in [6.07, 6.45) is 3.70. The molecule has 0 unspecified atom stereocenters. The number of quaternary nitrogens is 1. The van der Waals surface area contributed by atoms with E-state index in [-0.39, 0.29) is 5.97 Å². The first-order valence-electron chi connectivity index (χ1n) is 5.20. The number of amides is 1. The normalized spacial score (nSPS) is 8.72. The van der Waals surface area contributed by atoms with Crippen molar-refractivity contribution in [2.75, 3.05) is 33.8 Å². The van der Waals surface area contributed by atoms with Crippen LogP contribution in [0.1, 0.15) is 6.92 Å². The van der Waals surface area contributed by atoms with Crippen molar-refractivity contribution in [2.24, 2.45) is 5.73 Å². The van der Waals surface area contributed by atoms with Gasteiger partial charge in [-0.3, -0.25) is 9.28 Å². The fourth-order valence-corrected chi connectivity index (χ4v) is 0.389. The van der Waals surface area contributed by atoms with Crippen molar-refractivity contribution >= 4 is 23.5 Å². The molecule has 0 atom stereocenters. The highest BCUT2D eigenvalue weighted by Gasteiger charge is 2.12. The maximum atomic E-state index is 10.6. The Labute approximate surface area is 114 Å². The number of nitrogens with two attached hydrogens (primary N) is 1. The smallest absolute Gasteiger partial charge is 0.334 e. The fraction of sp³-hybridized carbons (Fsp3) is 0.500. The topological polar surface area (TPSA) is 69.4 Å². The van der Waals surface area contributed by atoms with E-state index in [2.05, 4.69) is 30.5 Å². The predicted molar refractivity (Wildman–Crippen MR) is 75.0 cm³/mol. The minimum Gasteiger partial charge on any atom is -0.412 e. The molecule has 0 spiro atoms. The number of nitrogens with zero attached hydrogens (tertiary/aromatic N) is 1. The van der Waals surface area contributed by atoms with Crippen LogP contribution in [0.2, 0.25) is 0 Å². The van der Waals surface area contributed by atoms with Gasteiger partial charge in [0.25, 0.3) is 0 Å². The molecule has 0 aromatic heterocycles. The van der Waals surface area contributed by atoms with Gasteiger partial charge >= 0.3 is 5.97 Å². The summed E-state index contributed by atoms with van der Waals surface area (Å²) < 4.78 is 5.54. The molecule has 0 aromatic carbocycles. The van der Waals surface area contributed by atoms with Gasteiger partial charge in [0.2, 0.25) is 12.6 Å². The number of hydrogen-bond acceptors (Lipinski definition) is 3. The number of rotatable bonds is 5. The number of halogens is 1. The van der Waals surface area contributed by atoms with E-state index < -0.39 is 5.91 Å². The van der Waals surface area contributed by atoms with E-state index >= 15 is 0 Å².